The molecule has 0 saturated heterocycles. The third-order valence-corrected chi connectivity index (χ3v) is 1.40. The molecular weight excluding hydrogens is 148 g/mol. The molecule has 0 aliphatic carbocycles. The maximum absolute atomic E-state index is 8.63. The molecule has 0 heterocycles. The molecule has 0 amide bonds. The van der Waals surface area contributed by atoms with Gasteiger partial charge in [0, 0.05) is 0 Å². The molecule has 0 saturated carbocycles. The zero-order chi connectivity index (χ0) is 8.97. The van der Waals surface area contributed by atoms with Crippen molar-refractivity contribution in [1.29, 1.82) is 5.26 Å². The number of hydrogen-bond donors (Lipinski definition) is 0. The minimum Gasteiger partial charge on any atom is -0.207 e. The van der Waals surface area contributed by atoms with Gasteiger partial charge in [-0.2, -0.15) is 5.26 Å². The Balaban J connectivity index is 3.25. The third kappa shape index (κ3) is 1.82. The number of aliphatic imine (C=N–C) groups is 1. The maximum Gasteiger partial charge on any atom is 0.0992 e. The molecule has 1 aromatic carbocycles. The van der Waals surface area contributed by atoms with Crippen LogP contribution in [0.4, 0.5) is 5.69 Å². The van der Waals surface area contributed by atoms with Gasteiger partial charge in [0.15, 0.2) is 0 Å². The zero-order valence-electron chi connectivity index (χ0n) is 6.83. The van der Waals surface area contributed by atoms with Crippen LogP contribution in [0.5, 0.6) is 0 Å². The Kier molecular flexibility index (Phi) is 2.42. The van der Waals surface area contributed by atoms with Crippen molar-refractivity contribution in [2.75, 3.05) is 0 Å². The van der Waals surface area contributed by atoms with Crippen LogP contribution in [-0.4, -0.2) is 5.87 Å². The summed E-state index contributed by atoms with van der Waals surface area (Å²) >= 11 is 0. The lowest BCUT2D eigenvalue weighted by molar-refractivity contribution is 1.40. The predicted octanol–water partition coefficient (Wildman–Crippen LogP) is 2.35. The van der Waals surface area contributed by atoms with Crippen LogP contribution in [0.3, 0.4) is 0 Å². The Morgan fingerprint density at radius 1 is 1.42 bits per heavy atom. The van der Waals surface area contributed by atoms with E-state index >= 15 is 0 Å². The fraction of sp³-hybridized carbons (Fsp3) is 0.100. The van der Waals surface area contributed by atoms with Crippen molar-refractivity contribution in [3.8, 4) is 6.07 Å². The Hall–Kier alpha value is -1.84. The van der Waals surface area contributed by atoms with E-state index in [4.69, 9.17) is 5.26 Å². The van der Waals surface area contributed by atoms with Crippen LogP contribution >= 0.6 is 0 Å². The lowest BCUT2D eigenvalue weighted by Gasteiger charge is -1.95. The molecule has 0 fully saturated rings. The quantitative estimate of drug-likeness (QED) is 0.575. The maximum atomic E-state index is 8.63. The van der Waals surface area contributed by atoms with Crippen molar-refractivity contribution in [2.45, 2.75) is 6.92 Å². The summed E-state index contributed by atoms with van der Waals surface area (Å²) in [6, 6.07) is 7.44. The van der Waals surface area contributed by atoms with E-state index in [2.05, 4.69) is 23.5 Å². The monoisotopic (exact) mass is 156 g/mol. The van der Waals surface area contributed by atoms with E-state index in [1.165, 1.54) is 0 Å². The van der Waals surface area contributed by atoms with Gasteiger partial charge in [0.1, 0.15) is 0 Å². The first-order chi connectivity index (χ1) is 5.76. The van der Waals surface area contributed by atoms with Gasteiger partial charge >= 0.3 is 0 Å². The van der Waals surface area contributed by atoms with E-state index in [0.717, 1.165) is 11.3 Å². The molecule has 0 aliphatic rings. The van der Waals surface area contributed by atoms with Crippen molar-refractivity contribution in [2.24, 2.45) is 4.99 Å². The number of aryl methyl sites for hydroxylation is 1. The van der Waals surface area contributed by atoms with Crippen LogP contribution < -0.4 is 0 Å². The third-order valence-electron chi connectivity index (χ3n) is 1.40. The SMILES string of the molecule is C=C=Nc1cc(C)cc(C#N)c1. The number of hydrogen-bond acceptors (Lipinski definition) is 2. The zero-order valence-corrected chi connectivity index (χ0v) is 6.83. The van der Waals surface area contributed by atoms with Crippen molar-refractivity contribution in [3.63, 3.8) is 0 Å². The molecule has 0 spiro atoms. The van der Waals surface area contributed by atoms with E-state index in [9.17, 15) is 0 Å². The first-order valence-electron chi connectivity index (χ1n) is 3.51. The lowest BCUT2D eigenvalue weighted by atomic mass is 10.1. The summed E-state index contributed by atoms with van der Waals surface area (Å²) in [5, 5.41) is 8.63. The topological polar surface area (TPSA) is 36.1 Å². The number of nitriles is 1. The normalized spacial score (nSPS) is 8.33. The van der Waals surface area contributed by atoms with E-state index in [0.29, 0.717) is 5.56 Å². The minimum absolute atomic E-state index is 0.615. The highest BCUT2D eigenvalue weighted by atomic mass is 14.7. The molecule has 0 bridgehead atoms. The van der Waals surface area contributed by atoms with E-state index < -0.39 is 0 Å². The van der Waals surface area contributed by atoms with Crippen molar-refractivity contribution >= 4 is 11.6 Å². The molecule has 0 atom stereocenters. The molecule has 12 heavy (non-hydrogen) atoms. The summed E-state index contributed by atoms with van der Waals surface area (Å²) < 4.78 is 0. The minimum atomic E-state index is 0.615. The first kappa shape index (κ1) is 8.26. The average Bonchev–Trinajstić information content (AvgIpc) is 2.04. The van der Waals surface area contributed by atoms with Gasteiger partial charge in [-0.3, -0.25) is 0 Å². The van der Waals surface area contributed by atoms with E-state index in [1.54, 1.807) is 6.07 Å². The van der Waals surface area contributed by atoms with Crippen LogP contribution in [-0.2, 0) is 0 Å². The van der Waals surface area contributed by atoms with Crippen molar-refractivity contribution in [1.82, 2.24) is 0 Å². The van der Waals surface area contributed by atoms with Gasteiger partial charge in [0.25, 0.3) is 0 Å². The summed E-state index contributed by atoms with van der Waals surface area (Å²) in [6.07, 6.45) is 0. The van der Waals surface area contributed by atoms with Crippen molar-refractivity contribution < 1.29 is 0 Å². The van der Waals surface area contributed by atoms with Crippen LogP contribution in [0, 0.1) is 18.3 Å². The molecule has 1 rings (SSSR count). The van der Waals surface area contributed by atoms with Gasteiger partial charge in [-0.15, -0.1) is 0 Å². The predicted molar refractivity (Wildman–Crippen MR) is 48.6 cm³/mol. The Morgan fingerprint density at radius 3 is 2.75 bits per heavy atom. The van der Waals surface area contributed by atoms with Gasteiger partial charge in [0.2, 0.25) is 0 Å². The molecule has 0 aliphatic heterocycles. The molecule has 58 valence electrons. The summed E-state index contributed by atoms with van der Waals surface area (Å²) in [5.41, 5.74) is 2.36. The molecule has 0 aromatic heterocycles. The molecule has 1 aromatic rings. The van der Waals surface area contributed by atoms with Crippen LogP contribution in [0.1, 0.15) is 11.1 Å². The Morgan fingerprint density at radius 2 is 2.17 bits per heavy atom. The van der Waals surface area contributed by atoms with Crippen LogP contribution in [0.25, 0.3) is 0 Å². The standard InChI is InChI=1S/C10H8N2/c1-3-12-10-5-8(2)4-9(6-10)7-11/h4-6H,1H2,2H3. The Labute approximate surface area is 71.5 Å². The summed E-state index contributed by atoms with van der Waals surface area (Å²) in [5.74, 6) is 2.43. The van der Waals surface area contributed by atoms with Gasteiger partial charge in [-0.05, 0) is 43.1 Å². The fourth-order valence-corrected chi connectivity index (χ4v) is 0.983. The smallest absolute Gasteiger partial charge is 0.0992 e. The van der Waals surface area contributed by atoms with Gasteiger partial charge < -0.3 is 0 Å². The second-order valence-corrected chi connectivity index (χ2v) is 2.44. The summed E-state index contributed by atoms with van der Waals surface area (Å²) in [6.45, 7) is 5.29. The number of nitrogens with zero attached hydrogens (tertiary/aromatic N) is 2. The molecular formula is C10H8N2. The molecule has 2 nitrogen and oxygen atoms in total. The van der Waals surface area contributed by atoms with E-state index in [1.807, 2.05) is 19.1 Å². The average molecular weight is 156 g/mol. The fourth-order valence-electron chi connectivity index (χ4n) is 0.983. The largest absolute Gasteiger partial charge is 0.207 e. The van der Waals surface area contributed by atoms with E-state index in [-0.39, 0.29) is 0 Å². The summed E-state index contributed by atoms with van der Waals surface area (Å²) in [7, 11) is 0. The number of rotatable bonds is 1. The van der Waals surface area contributed by atoms with Gasteiger partial charge in [-0.25, -0.2) is 4.99 Å². The van der Waals surface area contributed by atoms with Gasteiger partial charge in [0.05, 0.1) is 17.3 Å². The molecule has 0 radical (unpaired) electrons. The van der Waals surface area contributed by atoms with Crippen LogP contribution in [0.15, 0.2) is 29.8 Å². The van der Waals surface area contributed by atoms with Crippen molar-refractivity contribution in [3.05, 3.63) is 35.9 Å². The molecule has 2 heteroatoms. The van der Waals surface area contributed by atoms with Gasteiger partial charge in [-0.1, -0.05) is 0 Å². The highest BCUT2D eigenvalue weighted by Gasteiger charge is 1.94. The number of benzene rings is 1. The summed E-state index contributed by atoms with van der Waals surface area (Å²) in [4.78, 5) is 3.86. The lowest BCUT2D eigenvalue weighted by Crippen LogP contribution is -1.76. The highest BCUT2D eigenvalue weighted by molar-refractivity contribution is 5.58. The Bertz CT molecular complexity index is 379. The second kappa shape index (κ2) is 3.52. The van der Waals surface area contributed by atoms with Crippen LogP contribution in [0.2, 0.25) is 0 Å². The second-order valence-electron chi connectivity index (χ2n) is 2.44. The molecule has 0 unspecified atom stereocenters. The highest BCUT2D eigenvalue weighted by Crippen LogP contribution is 2.15. The molecule has 0 N–H and O–H groups in total. The first-order valence-corrected chi connectivity index (χ1v) is 3.51.